The lowest BCUT2D eigenvalue weighted by Crippen LogP contribution is -1.98. The van der Waals surface area contributed by atoms with Gasteiger partial charge in [-0.05, 0) is 24.6 Å². The zero-order chi connectivity index (χ0) is 12.5. The van der Waals surface area contributed by atoms with Crippen LogP contribution in [0.25, 0.3) is 11.0 Å². The Bertz CT molecular complexity index is 680. The van der Waals surface area contributed by atoms with Gasteiger partial charge >= 0.3 is 0 Å². The molecule has 5 heteroatoms. The first-order chi connectivity index (χ1) is 8.74. The number of fused-ring (bicyclic) bond motifs is 1. The second kappa shape index (κ2) is 4.18. The van der Waals surface area contributed by atoms with Crippen molar-refractivity contribution in [3.8, 4) is 0 Å². The molecule has 0 aliphatic carbocycles. The fourth-order valence-corrected chi connectivity index (χ4v) is 2.12. The number of aromatic amines is 1. The Morgan fingerprint density at radius 1 is 1.44 bits per heavy atom. The first-order valence-electron chi connectivity index (χ1n) is 5.89. The van der Waals surface area contributed by atoms with Gasteiger partial charge in [0.25, 0.3) is 0 Å². The van der Waals surface area contributed by atoms with Crippen molar-refractivity contribution < 1.29 is 0 Å². The minimum Gasteiger partial charge on any atom is -0.378 e. The molecule has 3 heterocycles. The van der Waals surface area contributed by atoms with Gasteiger partial charge in [-0.25, -0.2) is 4.98 Å². The van der Waals surface area contributed by atoms with Crippen LogP contribution in [0.2, 0.25) is 0 Å². The maximum Gasteiger partial charge on any atom is 0.137 e. The van der Waals surface area contributed by atoms with E-state index in [4.69, 9.17) is 0 Å². The standard InChI is InChI=1S/C13H15N5/c1-9-12(8-18(2)17-9)15-6-10-7-16-13-11(10)4-3-5-14-13/h3-5,7-8,15H,6H2,1-2H3,(H,14,16). The van der Waals surface area contributed by atoms with Crippen molar-refractivity contribution in [1.82, 2.24) is 19.7 Å². The van der Waals surface area contributed by atoms with Crippen LogP contribution >= 0.6 is 0 Å². The van der Waals surface area contributed by atoms with E-state index in [1.54, 1.807) is 6.20 Å². The molecule has 0 saturated heterocycles. The molecule has 18 heavy (non-hydrogen) atoms. The number of aryl methyl sites for hydroxylation is 2. The maximum absolute atomic E-state index is 4.31. The fraction of sp³-hybridized carbons (Fsp3) is 0.231. The Kier molecular flexibility index (Phi) is 2.51. The minimum atomic E-state index is 0.762. The molecule has 0 fully saturated rings. The van der Waals surface area contributed by atoms with E-state index < -0.39 is 0 Å². The van der Waals surface area contributed by atoms with E-state index in [9.17, 15) is 0 Å². The summed E-state index contributed by atoms with van der Waals surface area (Å²) in [6.07, 6.45) is 5.78. The Labute approximate surface area is 105 Å². The van der Waals surface area contributed by atoms with Gasteiger partial charge in [-0.15, -0.1) is 0 Å². The van der Waals surface area contributed by atoms with Crippen molar-refractivity contribution in [2.24, 2.45) is 7.05 Å². The first-order valence-corrected chi connectivity index (χ1v) is 5.89. The third-order valence-electron chi connectivity index (χ3n) is 3.02. The summed E-state index contributed by atoms with van der Waals surface area (Å²) < 4.78 is 1.81. The summed E-state index contributed by atoms with van der Waals surface area (Å²) in [5, 5.41) is 8.86. The number of hydrogen-bond acceptors (Lipinski definition) is 3. The summed E-state index contributed by atoms with van der Waals surface area (Å²) in [6, 6.07) is 4.03. The van der Waals surface area contributed by atoms with Gasteiger partial charge in [0.05, 0.1) is 11.4 Å². The van der Waals surface area contributed by atoms with E-state index in [0.717, 1.165) is 29.0 Å². The molecule has 2 N–H and O–H groups in total. The zero-order valence-electron chi connectivity index (χ0n) is 10.4. The summed E-state index contributed by atoms with van der Waals surface area (Å²) in [7, 11) is 1.92. The largest absolute Gasteiger partial charge is 0.378 e. The van der Waals surface area contributed by atoms with Crippen molar-refractivity contribution in [3.05, 3.63) is 42.0 Å². The summed E-state index contributed by atoms with van der Waals surface area (Å²) in [5.41, 5.74) is 4.21. The number of aromatic nitrogens is 4. The van der Waals surface area contributed by atoms with Crippen LogP contribution in [0.5, 0.6) is 0 Å². The Hall–Kier alpha value is -2.30. The Morgan fingerprint density at radius 2 is 2.33 bits per heavy atom. The van der Waals surface area contributed by atoms with E-state index >= 15 is 0 Å². The molecule has 92 valence electrons. The van der Waals surface area contributed by atoms with Crippen LogP contribution in [0.3, 0.4) is 0 Å². The van der Waals surface area contributed by atoms with E-state index in [0.29, 0.717) is 0 Å². The van der Waals surface area contributed by atoms with Gasteiger partial charge in [0.15, 0.2) is 0 Å². The lowest BCUT2D eigenvalue weighted by Gasteiger charge is -2.03. The van der Waals surface area contributed by atoms with Crippen LogP contribution in [0, 0.1) is 6.92 Å². The number of anilines is 1. The maximum atomic E-state index is 4.31. The molecule has 3 rings (SSSR count). The number of pyridine rings is 1. The van der Waals surface area contributed by atoms with Gasteiger partial charge in [-0.2, -0.15) is 5.10 Å². The minimum absolute atomic E-state index is 0.762. The average Bonchev–Trinajstić information content (AvgIpc) is 2.90. The molecule has 3 aromatic rings. The van der Waals surface area contributed by atoms with Gasteiger partial charge in [-0.3, -0.25) is 4.68 Å². The first kappa shape index (κ1) is 10.8. The van der Waals surface area contributed by atoms with E-state index in [1.807, 2.05) is 37.1 Å². The second-order valence-corrected chi connectivity index (χ2v) is 4.37. The highest BCUT2D eigenvalue weighted by atomic mass is 15.3. The van der Waals surface area contributed by atoms with Crippen molar-refractivity contribution in [2.75, 3.05) is 5.32 Å². The van der Waals surface area contributed by atoms with E-state index in [2.05, 4.69) is 26.4 Å². The summed E-state index contributed by atoms with van der Waals surface area (Å²) in [6.45, 7) is 2.76. The molecule has 3 aromatic heterocycles. The molecule has 0 unspecified atom stereocenters. The fourth-order valence-electron chi connectivity index (χ4n) is 2.12. The van der Waals surface area contributed by atoms with Crippen LogP contribution in [-0.4, -0.2) is 19.7 Å². The molecule has 0 spiro atoms. The van der Waals surface area contributed by atoms with Crippen LogP contribution < -0.4 is 5.32 Å². The van der Waals surface area contributed by atoms with Crippen LogP contribution in [0.4, 0.5) is 5.69 Å². The number of hydrogen-bond donors (Lipinski definition) is 2. The van der Waals surface area contributed by atoms with E-state index in [1.165, 1.54) is 5.56 Å². The molecule has 5 nitrogen and oxygen atoms in total. The number of nitrogens with one attached hydrogen (secondary N) is 2. The molecule has 0 aliphatic heterocycles. The summed E-state index contributed by atoms with van der Waals surface area (Å²) in [4.78, 5) is 7.45. The molecule has 0 atom stereocenters. The topological polar surface area (TPSA) is 58.5 Å². The van der Waals surface area contributed by atoms with Crippen molar-refractivity contribution in [2.45, 2.75) is 13.5 Å². The highest BCUT2D eigenvalue weighted by Gasteiger charge is 2.06. The SMILES string of the molecule is Cc1nn(C)cc1NCc1c[nH]c2ncccc12. The normalized spacial score (nSPS) is 11.0. The van der Waals surface area contributed by atoms with Crippen LogP contribution in [0.1, 0.15) is 11.3 Å². The molecule has 0 aromatic carbocycles. The highest BCUT2D eigenvalue weighted by Crippen LogP contribution is 2.18. The zero-order valence-corrected chi connectivity index (χ0v) is 10.4. The number of rotatable bonds is 3. The smallest absolute Gasteiger partial charge is 0.137 e. The lowest BCUT2D eigenvalue weighted by molar-refractivity contribution is 0.756. The molecular formula is C13H15N5. The summed E-state index contributed by atoms with van der Waals surface area (Å²) in [5.74, 6) is 0. The molecule has 0 amide bonds. The van der Waals surface area contributed by atoms with Gasteiger partial charge < -0.3 is 10.3 Å². The second-order valence-electron chi connectivity index (χ2n) is 4.37. The highest BCUT2D eigenvalue weighted by molar-refractivity contribution is 5.79. The van der Waals surface area contributed by atoms with Crippen LogP contribution in [-0.2, 0) is 13.6 Å². The molecule has 0 radical (unpaired) electrons. The van der Waals surface area contributed by atoms with Crippen molar-refractivity contribution in [3.63, 3.8) is 0 Å². The Balaban J connectivity index is 1.83. The van der Waals surface area contributed by atoms with Crippen LogP contribution in [0.15, 0.2) is 30.7 Å². The molecule has 0 aliphatic rings. The van der Waals surface area contributed by atoms with Gasteiger partial charge in [0, 0.05) is 37.6 Å². The molecular weight excluding hydrogens is 226 g/mol. The van der Waals surface area contributed by atoms with Crippen molar-refractivity contribution >= 4 is 16.7 Å². The third kappa shape index (κ3) is 1.84. The predicted molar refractivity (Wildman–Crippen MR) is 71.4 cm³/mol. The predicted octanol–water partition coefficient (Wildman–Crippen LogP) is 2.22. The number of nitrogens with zero attached hydrogens (tertiary/aromatic N) is 3. The average molecular weight is 241 g/mol. The van der Waals surface area contributed by atoms with Gasteiger partial charge in [0.1, 0.15) is 5.65 Å². The monoisotopic (exact) mass is 241 g/mol. The quantitative estimate of drug-likeness (QED) is 0.739. The molecule has 0 bridgehead atoms. The van der Waals surface area contributed by atoms with Gasteiger partial charge in [-0.1, -0.05) is 0 Å². The third-order valence-corrected chi connectivity index (χ3v) is 3.02. The van der Waals surface area contributed by atoms with Gasteiger partial charge in [0.2, 0.25) is 0 Å². The lowest BCUT2D eigenvalue weighted by atomic mass is 10.2. The summed E-state index contributed by atoms with van der Waals surface area (Å²) >= 11 is 0. The molecule has 0 saturated carbocycles. The Morgan fingerprint density at radius 3 is 3.11 bits per heavy atom. The van der Waals surface area contributed by atoms with Crippen molar-refractivity contribution in [1.29, 1.82) is 0 Å². The van der Waals surface area contributed by atoms with E-state index in [-0.39, 0.29) is 0 Å². The number of H-pyrrole nitrogens is 1.